The highest BCUT2D eigenvalue weighted by atomic mass is 32.2. The van der Waals surface area contributed by atoms with E-state index in [9.17, 15) is 24.3 Å². The molecule has 11 heteroatoms. The van der Waals surface area contributed by atoms with Gasteiger partial charge in [-0.3, -0.25) is 14.4 Å². The van der Waals surface area contributed by atoms with Crippen molar-refractivity contribution in [2.45, 2.75) is 57.3 Å². The Hall–Kier alpha value is -2.24. The van der Waals surface area contributed by atoms with Crippen molar-refractivity contribution >= 4 is 48.1 Å². The third-order valence-corrected chi connectivity index (χ3v) is 6.03. The molecule has 6 N–H and O–H groups in total. The number of carboxylic acid groups (broad SMARTS) is 1. The SMILES string of the molecule is CSCCC(N)C(=O)NC(CS)C(=O)NC(Cc1ccccc1)C(=O)NC(CC(C)C)C(=O)O. The van der Waals surface area contributed by atoms with Gasteiger partial charge in [-0.1, -0.05) is 44.2 Å². The van der Waals surface area contributed by atoms with E-state index in [-0.39, 0.29) is 24.5 Å². The minimum atomic E-state index is -1.15. The van der Waals surface area contributed by atoms with Crippen LogP contribution in [0.15, 0.2) is 30.3 Å². The zero-order valence-corrected chi connectivity index (χ0v) is 21.5. The van der Waals surface area contributed by atoms with Gasteiger partial charge in [0.25, 0.3) is 0 Å². The van der Waals surface area contributed by atoms with Crippen molar-refractivity contribution in [3.63, 3.8) is 0 Å². The highest BCUT2D eigenvalue weighted by molar-refractivity contribution is 7.98. The summed E-state index contributed by atoms with van der Waals surface area (Å²) in [6, 6.07) is 5.13. The quantitative estimate of drug-likeness (QED) is 0.190. The first kappa shape index (κ1) is 29.8. The lowest BCUT2D eigenvalue weighted by atomic mass is 10.0. The Morgan fingerprint density at radius 3 is 2.06 bits per heavy atom. The number of carboxylic acids is 1. The predicted molar refractivity (Wildman–Crippen MR) is 138 cm³/mol. The summed E-state index contributed by atoms with van der Waals surface area (Å²) in [5.41, 5.74) is 6.66. The van der Waals surface area contributed by atoms with E-state index < -0.39 is 47.9 Å². The second kappa shape index (κ2) is 15.6. The van der Waals surface area contributed by atoms with Gasteiger partial charge in [-0.05, 0) is 36.3 Å². The number of hydrogen-bond donors (Lipinski definition) is 6. The second-order valence-electron chi connectivity index (χ2n) is 8.41. The maximum Gasteiger partial charge on any atom is 0.326 e. The summed E-state index contributed by atoms with van der Waals surface area (Å²) >= 11 is 5.72. The van der Waals surface area contributed by atoms with Gasteiger partial charge >= 0.3 is 5.97 Å². The number of carbonyl (C=O) groups excluding carboxylic acids is 3. The van der Waals surface area contributed by atoms with Crippen molar-refractivity contribution in [3.8, 4) is 0 Å². The number of aliphatic carboxylic acids is 1. The van der Waals surface area contributed by atoms with Crippen molar-refractivity contribution in [1.82, 2.24) is 16.0 Å². The predicted octanol–water partition coefficient (Wildman–Crippen LogP) is 0.824. The Balaban J connectivity index is 2.98. The Morgan fingerprint density at radius 1 is 0.971 bits per heavy atom. The second-order valence-corrected chi connectivity index (χ2v) is 9.76. The molecule has 0 fully saturated rings. The summed E-state index contributed by atoms with van der Waals surface area (Å²) < 4.78 is 0. The molecule has 190 valence electrons. The number of nitrogens with one attached hydrogen (secondary N) is 3. The number of nitrogens with two attached hydrogens (primary N) is 1. The molecule has 0 bridgehead atoms. The molecule has 4 unspecified atom stereocenters. The lowest BCUT2D eigenvalue weighted by Gasteiger charge is -2.25. The molecule has 0 radical (unpaired) electrons. The largest absolute Gasteiger partial charge is 0.480 e. The van der Waals surface area contributed by atoms with Gasteiger partial charge in [-0.25, -0.2) is 4.79 Å². The van der Waals surface area contributed by atoms with Crippen molar-refractivity contribution in [2.24, 2.45) is 11.7 Å². The number of benzene rings is 1. The number of thioether (sulfide) groups is 1. The Kier molecular flexibility index (Phi) is 13.7. The van der Waals surface area contributed by atoms with Crippen LogP contribution < -0.4 is 21.7 Å². The highest BCUT2D eigenvalue weighted by Gasteiger charge is 2.30. The lowest BCUT2D eigenvalue weighted by Crippen LogP contribution is -2.58. The van der Waals surface area contributed by atoms with E-state index in [1.54, 1.807) is 36.0 Å². The molecular weight excluding hydrogens is 476 g/mol. The molecular formula is C23H36N4O5S2. The third-order valence-electron chi connectivity index (χ3n) is 5.02. The Morgan fingerprint density at radius 2 is 1.53 bits per heavy atom. The molecule has 0 spiro atoms. The average Bonchev–Trinajstić information content (AvgIpc) is 2.79. The summed E-state index contributed by atoms with van der Waals surface area (Å²) in [5, 5.41) is 17.3. The van der Waals surface area contributed by atoms with Gasteiger partial charge in [0.2, 0.25) is 17.7 Å². The van der Waals surface area contributed by atoms with E-state index in [0.29, 0.717) is 12.2 Å². The highest BCUT2D eigenvalue weighted by Crippen LogP contribution is 2.08. The van der Waals surface area contributed by atoms with Crippen LogP contribution in [0.2, 0.25) is 0 Å². The molecule has 0 heterocycles. The standard InChI is InChI=1S/C23H36N4O5S2/c1-14(2)11-18(23(31)32)26-21(29)17(12-15-7-5-4-6-8-15)25-22(30)19(13-33)27-20(28)16(24)9-10-34-3/h4-8,14,16-19,33H,9-13,24H2,1-3H3,(H,25,30)(H,26,29)(H,27,28)(H,31,32). The lowest BCUT2D eigenvalue weighted by molar-refractivity contribution is -0.142. The summed E-state index contributed by atoms with van der Waals surface area (Å²) in [4.78, 5) is 49.9. The summed E-state index contributed by atoms with van der Waals surface area (Å²) in [6.07, 6.45) is 2.76. The summed E-state index contributed by atoms with van der Waals surface area (Å²) in [5.74, 6) is -2.10. The van der Waals surface area contributed by atoms with Gasteiger partial charge < -0.3 is 26.8 Å². The van der Waals surface area contributed by atoms with Crippen LogP contribution in [0.25, 0.3) is 0 Å². The molecule has 0 saturated carbocycles. The van der Waals surface area contributed by atoms with E-state index in [0.717, 1.165) is 5.56 Å². The van der Waals surface area contributed by atoms with Gasteiger partial charge in [0, 0.05) is 12.2 Å². The van der Waals surface area contributed by atoms with Crippen LogP contribution in [0.4, 0.5) is 0 Å². The van der Waals surface area contributed by atoms with Gasteiger partial charge in [0.05, 0.1) is 6.04 Å². The molecule has 0 aliphatic rings. The number of rotatable bonds is 15. The molecule has 0 aliphatic heterocycles. The fourth-order valence-electron chi connectivity index (χ4n) is 3.15. The van der Waals surface area contributed by atoms with Crippen molar-refractivity contribution in [3.05, 3.63) is 35.9 Å². The number of thiol groups is 1. The van der Waals surface area contributed by atoms with Gasteiger partial charge in [-0.15, -0.1) is 0 Å². The zero-order chi connectivity index (χ0) is 25.7. The Bertz CT molecular complexity index is 810. The smallest absolute Gasteiger partial charge is 0.326 e. The van der Waals surface area contributed by atoms with Gasteiger partial charge in [0.1, 0.15) is 18.1 Å². The van der Waals surface area contributed by atoms with Crippen LogP contribution in [0.3, 0.4) is 0 Å². The van der Waals surface area contributed by atoms with Crippen molar-refractivity contribution < 1.29 is 24.3 Å². The molecule has 4 atom stereocenters. The first-order valence-corrected chi connectivity index (χ1v) is 13.1. The monoisotopic (exact) mass is 512 g/mol. The number of amides is 3. The van der Waals surface area contributed by atoms with Crippen LogP contribution >= 0.6 is 24.4 Å². The van der Waals surface area contributed by atoms with Crippen LogP contribution in [0.5, 0.6) is 0 Å². The molecule has 0 saturated heterocycles. The van der Waals surface area contributed by atoms with Crippen LogP contribution in [0, 0.1) is 5.92 Å². The van der Waals surface area contributed by atoms with Gasteiger partial charge in [0.15, 0.2) is 0 Å². The van der Waals surface area contributed by atoms with Crippen LogP contribution in [-0.4, -0.2) is 70.7 Å². The minimum Gasteiger partial charge on any atom is -0.480 e. The zero-order valence-electron chi connectivity index (χ0n) is 19.8. The molecule has 0 aromatic heterocycles. The number of carbonyl (C=O) groups is 4. The number of hydrogen-bond acceptors (Lipinski definition) is 7. The summed E-state index contributed by atoms with van der Waals surface area (Å²) in [6.45, 7) is 3.71. The topological polar surface area (TPSA) is 151 Å². The molecule has 1 aromatic rings. The summed E-state index contributed by atoms with van der Waals surface area (Å²) in [7, 11) is 0. The first-order valence-electron chi connectivity index (χ1n) is 11.1. The van der Waals surface area contributed by atoms with Crippen LogP contribution in [0.1, 0.15) is 32.3 Å². The van der Waals surface area contributed by atoms with E-state index in [2.05, 4.69) is 28.6 Å². The fourth-order valence-corrected chi connectivity index (χ4v) is 3.89. The fraction of sp³-hybridized carbons (Fsp3) is 0.565. The molecule has 0 aliphatic carbocycles. The third kappa shape index (κ3) is 10.8. The van der Waals surface area contributed by atoms with Crippen LogP contribution in [-0.2, 0) is 25.6 Å². The maximum atomic E-state index is 13.0. The van der Waals surface area contributed by atoms with E-state index in [1.807, 2.05) is 26.2 Å². The van der Waals surface area contributed by atoms with Gasteiger partial charge in [-0.2, -0.15) is 24.4 Å². The first-order chi connectivity index (χ1) is 16.1. The average molecular weight is 513 g/mol. The van der Waals surface area contributed by atoms with Crippen molar-refractivity contribution in [1.29, 1.82) is 0 Å². The van der Waals surface area contributed by atoms with E-state index in [4.69, 9.17) is 5.73 Å². The van der Waals surface area contributed by atoms with E-state index >= 15 is 0 Å². The molecule has 9 nitrogen and oxygen atoms in total. The van der Waals surface area contributed by atoms with E-state index in [1.165, 1.54) is 0 Å². The molecule has 3 amide bonds. The maximum absolute atomic E-state index is 13.0. The molecule has 34 heavy (non-hydrogen) atoms. The Labute approximate surface area is 210 Å². The molecule has 1 aromatic carbocycles. The minimum absolute atomic E-state index is 0.00238. The molecule has 1 rings (SSSR count). The van der Waals surface area contributed by atoms with Crippen molar-refractivity contribution in [2.75, 3.05) is 17.8 Å². The normalized spacial score (nSPS) is 14.5.